The zero-order chi connectivity index (χ0) is 18.4. The van der Waals surface area contributed by atoms with E-state index < -0.39 is 0 Å². The van der Waals surface area contributed by atoms with Crippen LogP contribution in [-0.4, -0.2) is 18.4 Å². The summed E-state index contributed by atoms with van der Waals surface area (Å²) in [7, 11) is 1.55. The quantitative estimate of drug-likeness (QED) is 0.375. The standard InChI is InChI=1S/C16H14BrCl2N3O2S/c1-23-14-5-9(7-21-22-16(20)25)4-12(17)15(14)24-8-10-2-3-11(18)6-13(10)19/h2-7H,8H2,1H3,(H3,20,22,25)/b21-7+. The number of thiocarbonyl (C=S) groups is 1. The topological polar surface area (TPSA) is 68.9 Å². The van der Waals surface area contributed by atoms with Gasteiger partial charge in [-0.25, -0.2) is 0 Å². The number of benzene rings is 2. The van der Waals surface area contributed by atoms with Gasteiger partial charge in [0.1, 0.15) is 6.61 Å². The molecule has 2 aromatic rings. The highest BCUT2D eigenvalue weighted by Crippen LogP contribution is 2.37. The summed E-state index contributed by atoms with van der Waals surface area (Å²) >= 11 is 20.2. The predicted molar refractivity (Wildman–Crippen MR) is 109 cm³/mol. The summed E-state index contributed by atoms with van der Waals surface area (Å²) in [6, 6.07) is 8.84. The number of ether oxygens (including phenoxy) is 2. The van der Waals surface area contributed by atoms with E-state index in [-0.39, 0.29) is 11.7 Å². The summed E-state index contributed by atoms with van der Waals surface area (Å²) in [5.74, 6) is 1.09. The van der Waals surface area contributed by atoms with Crippen LogP contribution >= 0.6 is 51.3 Å². The molecule has 0 aliphatic rings. The molecule has 0 bridgehead atoms. The summed E-state index contributed by atoms with van der Waals surface area (Å²) in [4.78, 5) is 0. The summed E-state index contributed by atoms with van der Waals surface area (Å²) in [6.45, 7) is 0.265. The van der Waals surface area contributed by atoms with Crippen LogP contribution < -0.4 is 20.6 Å². The van der Waals surface area contributed by atoms with Crippen molar-refractivity contribution in [3.63, 3.8) is 0 Å². The predicted octanol–water partition coefficient (Wildman–Crippen LogP) is 4.51. The van der Waals surface area contributed by atoms with Crippen molar-refractivity contribution in [1.82, 2.24) is 5.43 Å². The summed E-state index contributed by atoms with van der Waals surface area (Å²) < 4.78 is 12.0. The lowest BCUT2D eigenvalue weighted by molar-refractivity contribution is 0.282. The van der Waals surface area contributed by atoms with Gasteiger partial charge in [-0.05, 0) is 58.0 Å². The number of hydrazone groups is 1. The van der Waals surface area contributed by atoms with Crippen LogP contribution in [0.3, 0.4) is 0 Å². The first-order chi connectivity index (χ1) is 11.9. The Labute approximate surface area is 169 Å². The average Bonchev–Trinajstić information content (AvgIpc) is 2.54. The van der Waals surface area contributed by atoms with Crippen molar-refractivity contribution >= 4 is 62.7 Å². The molecule has 0 aliphatic carbocycles. The van der Waals surface area contributed by atoms with E-state index in [1.54, 1.807) is 31.5 Å². The molecule has 0 amide bonds. The SMILES string of the molecule is COc1cc(/C=N/NC(N)=S)cc(Br)c1OCc1ccc(Cl)cc1Cl. The first kappa shape index (κ1) is 19.8. The lowest BCUT2D eigenvalue weighted by Crippen LogP contribution is -2.23. The second kappa shape index (κ2) is 9.24. The van der Waals surface area contributed by atoms with Gasteiger partial charge in [-0.3, -0.25) is 5.43 Å². The fourth-order valence-corrected chi connectivity index (χ4v) is 3.00. The highest BCUT2D eigenvalue weighted by molar-refractivity contribution is 9.10. The van der Waals surface area contributed by atoms with Gasteiger partial charge >= 0.3 is 0 Å². The molecule has 0 radical (unpaired) electrons. The van der Waals surface area contributed by atoms with E-state index in [1.165, 1.54) is 0 Å². The summed E-state index contributed by atoms with van der Waals surface area (Å²) in [5, 5.41) is 5.11. The Morgan fingerprint density at radius 3 is 2.76 bits per heavy atom. The summed E-state index contributed by atoms with van der Waals surface area (Å²) in [6.07, 6.45) is 1.56. The maximum absolute atomic E-state index is 6.16. The van der Waals surface area contributed by atoms with E-state index in [0.29, 0.717) is 26.0 Å². The third-order valence-electron chi connectivity index (χ3n) is 3.03. The van der Waals surface area contributed by atoms with Crippen molar-refractivity contribution in [1.29, 1.82) is 0 Å². The van der Waals surface area contributed by atoms with Crippen LogP contribution in [0, 0.1) is 0 Å². The number of nitrogens with two attached hydrogens (primary N) is 1. The number of nitrogens with zero attached hydrogens (tertiary/aromatic N) is 1. The van der Waals surface area contributed by atoms with Gasteiger partial charge < -0.3 is 15.2 Å². The highest BCUT2D eigenvalue weighted by atomic mass is 79.9. The van der Waals surface area contributed by atoms with Crippen LogP contribution in [0.4, 0.5) is 0 Å². The second-order valence-electron chi connectivity index (χ2n) is 4.79. The number of halogens is 3. The van der Waals surface area contributed by atoms with Gasteiger partial charge in [0.15, 0.2) is 16.6 Å². The van der Waals surface area contributed by atoms with Crippen LogP contribution in [-0.2, 0) is 6.61 Å². The van der Waals surface area contributed by atoms with Gasteiger partial charge in [0.25, 0.3) is 0 Å². The Morgan fingerprint density at radius 2 is 2.12 bits per heavy atom. The third kappa shape index (κ3) is 5.74. The Hall–Kier alpha value is -1.54. The van der Waals surface area contributed by atoms with E-state index in [1.807, 2.05) is 12.1 Å². The molecule has 9 heteroatoms. The van der Waals surface area contributed by atoms with E-state index >= 15 is 0 Å². The molecule has 0 heterocycles. The zero-order valence-corrected chi connectivity index (χ0v) is 17.0. The third-order valence-corrected chi connectivity index (χ3v) is 4.29. The van der Waals surface area contributed by atoms with Crippen molar-refractivity contribution < 1.29 is 9.47 Å². The molecule has 0 spiro atoms. The van der Waals surface area contributed by atoms with E-state index in [2.05, 4.69) is 38.7 Å². The number of methoxy groups -OCH3 is 1. The second-order valence-corrected chi connectivity index (χ2v) is 6.93. The molecule has 0 saturated carbocycles. The molecule has 2 rings (SSSR count). The molecular weight excluding hydrogens is 449 g/mol. The Bertz CT molecular complexity index is 818. The van der Waals surface area contributed by atoms with Gasteiger partial charge in [0, 0.05) is 15.6 Å². The fraction of sp³-hybridized carbons (Fsp3) is 0.125. The average molecular weight is 463 g/mol. The largest absolute Gasteiger partial charge is 0.493 e. The Kier molecular flexibility index (Phi) is 7.31. The van der Waals surface area contributed by atoms with Crippen molar-refractivity contribution in [2.24, 2.45) is 10.8 Å². The van der Waals surface area contributed by atoms with Gasteiger partial charge in [-0.2, -0.15) is 5.10 Å². The molecule has 0 saturated heterocycles. The monoisotopic (exact) mass is 461 g/mol. The van der Waals surface area contributed by atoms with E-state index in [0.717, 1.165) is 11.1 Å². The number of hydrogen-bond acceptors (Lipinski definition) is 4. The van der Waals surface area contributed by atoms with Gasteiger partial charge in [0.05, 0.1) is 17.8 Å². The molecule has 0 aromatic heterocycles. The molecule has 132 valence electrons. The van der Waals surface area contributed by atoms with Gasteiger partial charge in [-0.1, -0.05) is 29.3 Å². The molecule has 3 N–H and O–H groups in total. The van der Waals surface area contributed by atoms with Crippen LogP contribution in [0.2, 0.25) is 10.0 Å². The van der Waals surface area contributed by atoms with Crippen molar-refractivity contribution in [3.8, 4) is 11.5 Å². The molecule has 5 nitrogen and oxygen atoms in total. The zero-order valence-electron chi connectivity index (χ0n) is 13.1. The minimum absolute atomic E-state index is 0.0853. The highest BCUT2D eigenvalue weighted by Gasteiger charge is 2.12. The fourth-order valence-electron chi connectivity index (χ4n) is 1.91. The molecule has 0 unspecified atom stereocenters. The summed E-state index contributed by atoms with van der Waals surface area (Å²) in [5.41, 5.74) is 9.38. The number of nitrogens with one attached hydrogen (secondary N) is 1. The number of rotatable bonds is 6. The van der Waals surface area contributed by atoms with Crippen LogP contribution in [0.15, 0.2) is 39.9 Å². The molecule has 25 heavy (non-hydrogen) atoms. The van der Waals surface area contributed by atoms with E-state index in [9.17, 15) is 0 Å². The van der Waals surface area contributed by atoms with Crippen molar-refractivity contribution in [3.05, 3.63) is 56.0 Å². The molecule has 0 atom stereocenters. The molecular formula is C16H14BrCl2N3O2S. The normalized spacial score (nSPS) is 10.7. The van der Waals surface area contributed by atoms with Crippen LogP contribution in [0.5, 0.6) is 11.5 Å². The van der Waals surface area contributed by atoms with Gasteiger partial charge in [-0.15, -0.1) is 0 Å². The Morgan fingerprint density at radius 1 is 1.36 bits per heavy atom. The van der Waals surface area contributed by atoms with Crippen LogP contribution in [0.25, 0.3) is 0 Å². The maximum atomic E-state index is 6.16. The lowest BCUT2D eigenvalue weighted by atomic mass is 10.2. The van der Waals surface area contributed by atoms with Gasteiger partial charge in [0.2, 0.25) is 0 Å². The molecule has 2 aromatic carbocycles. The Balaban J connectivity index is 2.19. The number of hydrogen-bond donors (Lipinski definition) is 2. The van der Waals surface area contributed by atoms with E-state index in [4.69, 9.17) is 38.4 Å². The maximum Gasteiger partial charge on any atom is 0.184 e. The minimum atomic E-state index is 0.0853. The molecule has 0 aliphatic heterocycles. The lowest BCUT2D eigenvalue weighted by Gasteiger charge is -2.14. The molecule has 0 fully saturated rings. The van der Waals surface area contributed by atoms with Crippen LogP contribution in [0.1, 0.15) is 11.1 Å². The first-order valence-electron chi connectivity index (χ1n) is 6.93. The smallest absolute Gasteiger partial charge is 0.184 e. The van der Waals surface area contributed by atoms with Crippen molar-refractivity contribution in [2.75, 3.05) is 7.11 Å². The minimum Gasteiger partial charge on any atom is -0.493 e. The van der Waals surface area contributed by atoms with Crippen molar-refractivity contribution in [2.45, 2.75) is 6.61 Å². The first-order valence-corrected chi connectivity index (χ1v) is 8.89.